The zero-order valence-corrected chi connectivity index (χ0v) is 17.2. The van der Waals surface area contributed by atoms with Crippen molar-refractivity contribution >= 4 is 51.1 Å². The number of nitrogens with zero attached hydrogens (tertiary/aromatic N) is 3. The molecule has 0 aliphatic heterocycles. The number of rotatable bonds is 7. The first-order chi connectivity index (χ1) is 13.7. The van der Waals surface area contributed by atoms with Gasteiger partial charge in [-0.1, -0.05) is 11.6 Å². The number of hydrogen-bond donors (Lipinski definition) is 2. The first kappa shape index (κ1) is 19.1. The molecule has 0 unspecified atom stereocenters. The predicted molar refractivity (Wildman–Crippen MR) is 117 cm³/mol. The summed E-state index contributed by atoms with van der Waals surface area (Å²) >= 11 is 13.6. The second kappa shape index (κ2) is 8.84. The monoisotopic (exact) mass is 429 g/mol. The van der Waals surface area contributed by atoms with Gasteiger partial charge >= 0.3 is 0 Å². The minimum absolute atomic E-state index is 0.266. The molecule has 0 fully saturated rings. The molecular formula is C20H17Cl2N5S. The van der Waals surface area contributed by atoms with Gasteiger partial charge in [0.25, 0.3) is 0 Å². The van der Waals surface area contributed by atoms with Gasteiger partial charge in [0.1, 0.15) is 0 Å². The van der Waals surface area contributed by atoms with Gasteiger partial charge in [-0.3, -0.25) is 4.98 Å². The van der Waals surface area contributed by atoms with E-state index < -0.39 is 0 Å². The molecule has 0 aliphatic carbocycles. The van der Waals surface area contributed by atoms with Gasteiger partial charge in [-0.2, -0.15) is 0 Å². The average Bonchev–Trinajstić information content (AvgIpc) is 3.16. The Kier molecular flexibility index (Phi) is 6.02. The first-order valence-corrected chi connectivity index (χ1v) is 10.3. The average molecular weight is 430 g/mol. The van der Waals surface area contributed by atoms with Crippen LogP contribution in [0.5, 0.6) is 0 Å². The number of hydrogen-bond acceptors (Lipinski definition) is 6. The van der Waals surface area contributed by atoms with E-state index in [2.05, 4.69) is 37.7 Å². The van der Waals surface area contributed by atoms with Crippen molar-refractivity contribution in [3.63, 3.8) is 0 Å². The maximum Gasteiger partial charge on any atom is 0.222 e. The third-order valence-corrected chi connectivity index (χ3v) is 5.69. The summed E-state index contributed by atoms with van der Waals surface area (Å²) in [7, 11) is 0. The molecule has 2 N–H and O–H groups in total. The van der Waals surface area contributed by atoms with Crippen LogP contribution in [0.3, 0.4) is 0 Å². The van der Waals surface area contributed by atoms with Crippen LogP contribution in [0.15, 0.2) is 54.9 Å². The van der Waals surface area contributed by atoms with Crippen molar-refractivity contribution in [2.24, 2.45) is 0 Å². The van der Waals surface area contributed by atoms with Gasteiger partial charge in [0.05, 0.1) is 16.1 Å². The molecule has 0 aliphatic rings. The number of benzene rings is 1. The van der Waals surface area contributed by atoms with Gasteiger partial charge in [-0.15, -0.1) is 11.3 Å². The number of thiophene rings is 1. The summed E-state index contributed by atoms with van der Waals surface area (Å²) < 4.78 is 0. The smallest absolute Gasteiger partial charge is 0.222 e. The number of aromatic nitrogens is 3. The Bertz CT molecular complexity index is 1100. The van der Waals surface area contributed by atoms with Crippen LogP contribution in [0.25, 0.3) is 21.5 Å². The van der Waals surface area contributed by atoms with Crippen molar-refractivity contribution in [3.05, 3.63) is 70.0 Å². The van der Waals surface area contributed by atoms with E-state index >= 15 is 0 Å². The molecule has 3 heterocycles. The standard InChI is InChI=1S/C20H17Cl2N5S/c21-13-1-3-15-16(5-7-24-18(15)11-13)25-10-9-23-12-14-2-4-19(28-14)17-6-8-26-20(22)27-17/h1-8,11,23H,9-10,12H2,(H,24,25). The zero-order chi connectivity index (χ0) is 19.3. The van der Waals surface area contributed by atoms with Gasteiger partial charge in [0.2, 0.25) is 5.28 Å². The number of fused-ring (bicyclic) bond motifs is 1. The Hall–Kier alpha value is -2.25. The van der Waals surface area contributed by atoms with Crippen molar-refractivity contribution < 1.29 is 0 Å². The Morgan fingerprint density at radius 3 is 2.71 bits per heavy atom. The number of pyridine rings is 1. The van der Waals surface area contributed by atoms with E-state index in [-0.39, 0.29) is 5.28 Å². The number of nitrogens with one attached hydrogen (secondary N) is 2. The summed E-state index contributed by atoms with van der Waals surface area (Å²) in [6.45, 7) is 2.45. The van der Waals surface area contributed by atoms with E-state index in [9.17, 15) is 0 Å². The molecule has 8 heteroatoms. The van der Waals surface area contributed by atoms with Crippen LogP contribution in [0.4, 0.5) is 5.69 Å². The lowest BCUT2D eigenvalue weighted by atomic mass is 10.2. The first-order valence-electron chi connectivity index (χ1n) is 8.75. The third kappa shape index (κ3) is 4.59. The highest BCUT2D eigenvalue weighted by Crippen LogP contribution is 2.27. The van der Waals surface area contributed by atoms with E-state index in [1.165, 1.54) is 4.88 Å². The maximum atomic E-state index is 6.04. The summed E-state index contributed by atoms with van der Waals surface area (Å²) in [6.07, 6.45) is 3.46. The topological polar surface area (TPSA) is 62.7 Å². The molecule has 1 aromatic carbocycles. The van der Waals surface area contributed by atoms with Crippen LogP contribution in [-0.2, 0) is 6.54 Å². The van der Waals surface area contributed by atoms with Crippen LogP contribution >= 0.6 is 34.5 Å². The van der Waals surface area contributed by atoms with E-state index in [0.717, 1.165) is 46.8 Å². The molecule has 0 atom stereocenters. The molecule has 5 nitrogen and oxygen atoms in total. The Morgan fingerprint density at radius 1 is 0.929 bits per heavy atom. The lowest BCUT2D eigenvalue weighted by Crippen LogP contribution is -2.21. The van der Waals surface area contributed by atoms with Crippen molar-refractivity contribution in [2.75, 3.05) is 18.4 Å². The van der Waals surface area contributed by atoms with E-state index in [1.54, 1.807) is 23.7 Å². The second-order valence-electron chi connectivity index (χ2n) is 6.10. The van der Waals surface area contributed by atoms with Crippen LogP contribution in [0.1, 0.15) is 4.88 Å². The van der Waals surface area contributed by atoms with Crippen molar-refractivity contribution in [1.29, 1.82) is 0 Å². The van der Waals surface area contributed by atoms with Crippen LogP contribution in [0, 0.1) is 0 Å². The minimum atomic E-state index is 0.266. The summed E-state index contributed by atoms with van der Waals surface area (Å²) in [4.78, 5) is 14.9. The summed E-state index contributed by atoms with van der Waals surface area (Å²) in [6, 6.07) is 13.8. The number of anilines is 1. The molecule has 0 spiro atoms. The van der Waals surface area contributed by atoms with E-state index in [1.807, 2.05) is 30.3 Å². The Balaban J connectivity index is 1.29. The van der Waals surface area contributed by atoms with Crippen molar-refractivity contribution in [3.8, 4) is 10.6 Å². The second-order valence-corrected chi connectivity index (χ2v) is 8.04. The SMILES string of the molecule is Clc1ccc2c(NCCNCc3ccc(-c4ccnc(Cl)n4)s3)ccnc2c1. The predicted octanol–water partition coefficient (Wildman–Crippen LogP) is 5.26. The molecule has 4 rings (SSSR count). The molecule has 0 saturated carbocycles. The van der Waals surface area contributed by atoms with Gasteiger partial charge in [-0.05, 0) is 54.1 Å². The molecule has 0 amide bonds. The normalized spacial score (nSPS) is 11.1. The molecule has 0 saturated heterocycles. The van der Waals surface area contributed by atoms with Crippen LogP contribution in [-0.4, -0.2) is 28.0 Å². The van der Waals surface area contributed by atoms with Crippen LogP contribution < -0.4 is 10.6 Å². The fraction of sp³-hybridized carbons (Fsp3) is 0.150. The maximum absolute atomic E-state index is 6.04. The Morgan fingerprint density at radius 2 is 1.82 bits per heavy atom. The molecule has 3 aromatic heterocycles. The lowest BCUT2D eigenvalue weighted by Gasteiger charge is -2.10. The largest absolute Gasteiger partial charge is 0.383 e. The third-order valence-electron chi connectivity index (χ3n) is 4.16. The van der Waals surface area contributed by atoms with Crippen molar-refractivity contribution in [1.82, 2.24) is 20.3 Å². The minimum Gasteiger partial charge on any atom is -0.383 e. The molecule has 142 valence electrons. The Labute approximate surface area is 176 Å². The van der Waals surface area contributed by atoms with Gasteiger partial charge < -0.3 is 10.6 Å². The highest BCUT2D eigenvalue weighted by atomic mass is 35.5. The van der Waals surface area contributed by atoms with E-state index in [0.29, 0.717) is 5.02 Å². The van der Waals surface area contributed by atoms with Gasteiger partial charge in [0.15, 0.2) is 0 Å². The molecule has 0 bridgehead atoms. The summed E-state index contributed by atoms with van der Waals surface area (Å²) in [5.41, 5.74) is 2.80. The van der Waals surface area contributed by atoms with Gasteiger partial charge in [-0.25, -0.2) is 9.97 Å². The molecule has 4 aromatic rings. The fourth-order valence-electron chi connectivity index (χ4n) is 2.86. The summed E-state index contributed by atoms with van der Waals surface area (Å²) in [5.74, 6) is 0. The quantitative estimate of drug-likeness (QED) is 0.309. The molecule has 0 radical (unpaired) electrons. The lowest BCUT2D eigenvalue weighted by molar-refractivity contribution is 0.714. The fourth-order valence-corrected chi connectivity index (χ4v) is 4.12. The van der Waals surface area contributed by atoms with E-state index in [4.69, 9.17) is 23.2 Å². The highest BCUT2D eigenvalue weighted by Gasteiger charge is 2.06. The molecule has 28 heavy (non-hydrogen) atoms. The zero-order valence-electron chi connectivity index (χ0n) is 14.8. The number of halogens is 2. The highest BCUT2D eigenvalue weighted by molar-refractivity contribution is 7.15. The van der Waals surface area contributed by atoms with Crippen molar-refractivity contribution in [2.45, 2.75) is 6.54 Å². The van der Waals surface area contributed by atoms with Crippen LogP contribution in [0.2, 0.25) is 10.3 Å². The van der Waals surface area contributed by atoms with Gasteiger partial charge in [0, 0.05) is 53.0 Å². The summed E-state index contributed by atoms with van der Waals surface area (Å²) in [5, 5.41) is 8.94. The molecular weight excluding hydrogens is 413 g/mol.